The van der Waals surface area contributed by atoms with Gasteiger partial charge in [-0.1, -0.05) is 11.6 Å². The molecule has 1 amide bonds. The van der Waals surface area contributed by atoms with E-state index >= 15 is 0 Å². The molecule has 0 bridgehead atoms. The van der Waals surface area contributed by atoms with Crippen molar-refractivity contribution in [1.82, 2.24) is 10.3 Å². The Bertz CT molecular complexity index is 551. The van der Waals surface area contributed by atoms with Gasteiger partial charge in [-0.15, -0.1) is 0 Å². The third kappa shape index (κ3) is 2.83. The van der Waals surface area contributed by atoms with Gasteiger partial charge in [0.2, 0.25) is 0 Å². The van der Waals surface area contributed by atoms with Gasteiger partial charge in [0.05, 0.1) is 5.56 Å². The SMILES string of the molecule is COCCCNC(=O)c1c[nH]c2ccc(Cl)cc12. The first-order valence-electron chi connectivity index (χ1n) is 5.76. The van der Waals surface area contributed by atoms with Gasteiger partial charge < -0.3 is 15.0 Å². The number of aromatic nitrogens is 1. The zero-order chi connectivity index (χ0) is 13.0. The molecular weight excluding hydrogens is 252 g/mol. The zero-order valence-electron chi connectivity index (χ0n) is 10.1. The van der Waals surface area contributed by atoms with Crippen LogP contribution in [0.1, 0.15) is 16.8 Å². The topological polar surface area (TPSA) is 54.1 Å². The lowest BCUT2D eigenvalue weighted by atomic mass is 10.1. The summed E-state index contributed by atoms with van der Waals surface area (Å²) in [6.07, 6.45) is 2.50. The highest BCUT2D eigenvalue weighted by Gasteiger charge is 2.11. The van der Waals surface area contributed by atoms with Gasteiger partial charge in [-0.05, 0) is 24.6 Å². The molecule has 0 saturated carbocycles. The molecule has 0 unspecified atom stereocenters. The van der Waals surface area contributed by atoms with Crippen molar-refractivity contribution >= 4 is 28.4 Å². The van der Waals surface area contributed by atoms with Crippen molar-refractivity contribution < 1.29 is 9.53 Å². The van der Waals surface area contributed by atoms with Gasteiger partial charge in [0.15, 0.2) is 0 Å². The first-order chi connectivity index (χ1) is 8.72. The molecule has 0 aliphatic rings. The highest BCUT2D eigenvalue weighted by Crippen LogP contribution is 2.22. The second kappa shape index (κ2) is 5.89. The number of methoxy groups -OCH3 is 1. The van der Waals surface area contributed by atoms with Crippen molar-refractivity contribution in [3.63, 3.8) is 0 Å². The summed E-state index contributed by atoms with van der Waals surface area (Å²) in [6, 6.07) is 5.44. The van der Waals surface area contributed by atoms with Crippen LogP contribution in [0.4, 0.5) is 0 Å². The molecule has 1 aromatic carbocycles. The first kappa shape index (κ1) is 12.9. The largest absolute Gasteiger partial charge is 0.385 e. The predicted octanol–water partition coefficient (Wildman–Crippen LogP) is 2.59. The summed E-state index contributed by atoms with van der Waals surface area (Å²) >= 11 is 5.94. The van der Waals surface area contributed by atoms with E-state index in [1.54, 1.807) is 25.4 Å². The number of halogens is 1. The Balaban J connectivity index is 2.10. The van der Waals surface area contributed by atoms with Crippen LogP contribution in [0.5, 0.6) is 0 Å². The molecule has 0 aliphatic heterocycles. The van der Waals surface area contributed by atoms with E-state index in [1.165, 1.54) is 0 Å². The third-order valence-electron chi connectivity index (χ3n) is 2.70. The third-order valence-corrected chi connectivity index (χ3v) is 2.93. The van der Waals surface area contributed by atoms with Crippen molar-refractivity contribution in [3.8, 4) is 0 Å². The average molecular weight is 267 g/mol. The second-order valence-electron chi connectivity index (χ2n) is 3.99. The van der Waals surface area contributed by atoms with Crippen molar-refractivity contribution in [3.05, 3.63) is 35.0 Å². The predicted molar refractivity (Wildman–Crippen MR) is 72.1 cm³/mol. The minimum atomic E-state index is -0.0976. The Morgan fingerprint density at radius 1 is 1.50 bits per heavy atom. The number of ether oxygens (including phenoxy) is 1. The van der Waals surface area contributed by atoms with Crippen LogP contribution in [-0.2, 0) is 4.74 Å². The van der Waals surface area contributed by atoms with Crippen LogP contribution in [-0.4, -0.2) is 31.2 Å². The molecule has 0 saturated heterocycles. The van der Waals surface area contributed by atoms with E-state index < -0.39 is 0 Å². The van der Waals surface area contributed by atoms with Gasteiger partial charge in [0.1, 0.15) is 0 Å². The van der Waals surface area contributed by atoms with E-state index in [-0.39, 0.29) is 5.91 Å². The normalized spacial score (nSPS) is 10.8. The summed E-state index contributed by atoms with van der Waals surface area (Å²) < 4.78 is 4.93. The van der Waals surface area contributed by atoms with E-state index in [1.807, 2.05) is 6.07 Å². The fourth-order valence-corrected chi connectivity index (χ4v) is 1.97. The summed E-state index contributed by atoms with van der Waals surface area (Å²) in [5, 5.41) is 4.31. The summed E-state index contributed by atoms with van der Waals surface area (Å²) in [5.41, 5.74) is 1.52. The van der Waals surface area contributed by atoms with Crippen LogP contribution in [0.15, 0.2) is 24.4 Å². The Morgan fingerprint density at radius 3 is 3.11 bits per heavy atom. The van der Waals surface area contributed by atoms with Crippen LogP contribution >= 0.6 is 11.6 Å². The molecule has 2 aromatic rings. The van der Waals surface area contributed by atoms with E-state index in [4.69, 9.17) is 16.3 Å². The molecule has 4 nitrogen and oxygen atoms in total. The molecule has 0 fully saturated rings. The lowest BCUT2D eigenvalue weighted by Gasteiger charge is -2.03. The number of hydrogen-bond donors (Lipinski definition) is 2. The van der Waals surface area contributed by atoms with Gasteiger partial charge in [-0.2, -0.15) is 0 Å². The number of nitrogens with one attached hydrogen (secondary N) is 2. The molecule has 1 heterocycles. The minimum Gasteiger partial charge on any atom is -0.385 e. The first-order valence-corrected chi connectivity index (χ1v) is 6.14. The lowest BCUT2D eigenvalue weighted by Crippen LogP contribution is -2.24. The highest BCUT2D eigenvalue weighted by molar-refractivity contribution is 6.31. The van der Waals surface area contributed by atoms with Gasteiger partial charge >= 0.3 is 0 Å². The van der Waals surface area contributed by atoms with Gasteiger partial charge in [0.25, 0.3) is 5.91 Å². The van der Waals surface area contributed by atoms with E-state index in [2.05, 4.69) is 10.3 Å². The van der Waals surface area contributed by atoms with Crippen molar-refractivity contribution in [2.75, 3.05) is 20.3 Å². The summed E-state index contributed by atoms with van der Waals surface area (Å²) in [6.45, 7) is 1.24. The second-order valence-corrected chi connectivity index (χ2v) is 4.43. The maximum atomic E-state index is 12.0. The standard InChI is InChI=1S/C13H15ClN2O2/c1-18-6-2-5-15-13(17)11-8-16-12-4-3-9(14)7-10(11)12/h3-4,7-8,16H,2,5-6H2,1H3,(H,15,17). The number of H-pyrrole nitrogens is 1. The fraction of sp³-hybridized carbons (Fsp3) is 0.308. The average Bonchev–Trinajstić information content (AvgIpc) is 2.77. The van der Waals surface area contributed by atoms with Crippen LogP contribution in [0, 0.1) is 0 Å². The number of benzene rings is 1. The van der Waals surface area contributed by atoms with E-state index in [0.29, 0.717) is 23.7 Å². The Hall–Kier alpha value is -1.52. The summed E-state index contributed by atoms with van der Waals surface area (Å²) in [5.74, 6) is -0.0976. The van der Waals surface area contributed by atoms with Crippen molar-refractivity contribution in [2.45, 2.75) is 6.42 Å². The Kier molecular flexibility index (Phi) is 4.23. The molecule has 2 rings (SSSR count). The maximum Gasteiger partial charge on any atom is 0.253 e. The van der Waals surface area contributed by atoms with Gasteiger partial charge in [0, 0.05) is 42.4 Å². The Morgan fingerprint density at radius 2 is 2.33 bits per heavy atom. The van der Waals surface area contributed by atoms with E-state index in [9.17, 15) is 4.79 Å². The molecular formula is C13H15ClN2O2. The van der Waals surface area contributed by atoms with E-state index in [0.717, 1.165) is 17.3 Å². The number of fused-ring (bicyclic) bond motifs is 1. The molecule has 1 aromatic heterocycles. The molecule has 0 radical (unpaired) electrons. The molecule has 0 aliphatic carbocycles. The van der Waals surface area contributed by atoms with Crippen LogP contribution in [0.25, 0.3) is 10.9 Å². The fourth-order valence-electron chi connectivity index (χ4n) is 1.79. The van der Waals surface area contributed by atoms with Gasteiger partial charge in [-0.25, -0.2) is 0 Å². The number of amides is 1. The van der Waals surface area contributed by atoms with Crippen LogP contribution in [0.2, 0.25) is 5.02 Å². The molecule has 96 valence electrons. The molecule has 0 spiro atoms. The molecule has 5 heteroatoms. The summed E-state index contributed by atoms with van der Waals surface area (Å²) in [4.78, 5) is 15.0. The minimum absolute atomic E-state index is 0.0976. The van der Waals surface area contributed by atoms with Crippen LogP contribution < -0.4 is 5.32 Å². The molecule has 2 N–H and O–H groups in total. The number of carbonyl (C=O) groups is 1. The number of carbonyl (C=O) groups excluding carboxylic acids is 1. The smallest absolute Gasteiger partial charge is 0.253 e. The monoisotopic (exact) mass is 266 g/mol. The number of rotatable bonds is 5. The molecule has 18 heavy (non-hydrogen) atoms. The zero-order valence-corrected chi connectivity index (χ0v) is 10.9. The number of hydrogen-bond acceptors (Lipinski definition) is 2. The summed E-state index contributed by atoms with van der Waals surface area (Å²) in [7, 11) is 1.64. The van der Waals surface area contributed by atoms with Gasteiger partial charge in [-0.3, -0.25) is 4.79 Å². The van der Waals surface area contributed by atoms with Crippen molar-refractivity contribution in [2.24, 2.45) is 0 Å². The maximum absolute atomic E-state index is 12.0. The quantitative estimate of drug-likeness (QED) is 0.818. The highest BCUT2D eigenvalue weighted by atomic mass is 35.5. The Labute approximate surface area is 110 Å². The lowest BCUT2D eigenvalue weighted by molar-refractivity contribution is 0.0950. The van der Waals surface area contributed by atoms with Crippen molar-refractivity contribution in [1.29, 1.82) is 0 Å². The van der Waals surface area contributed by atoms with Crippen LogP contribution in [0.3, 0.4) is 0 Å². The number of aromatic amines is 1. The molecule has 0 atom stereocenters.